The molecule has 2 aromatic heterocycles. The molecule has 0 atom stereocenters. The van der Waals surface area contributed by atoms with Gasteiger partial charge in [-0.25, -0.2) is 18.4 Å². The molecule has 0 spiro atoms. The van der Waals surface area contributed by atoms with Crippen LogP contribution in [0.15, 0.2) is 23.5 Å². The van der Waals surface area contributed by atoms with Crippen LogP contribution in [0.1, 0.15) is 18.9 Å². The van der Waals surface area contributed by atoms with E-state index >= 15 is 0 Å². The molecule has 5 nitrogen and oxygen atoms in total. The lowest BCUT2D eigenvalue weighted by Gasteiger charge is -1.99. The molecule has 84 valence electrons. The summed E-state index contributed by atoms with van der Waals surface area (Å²) in [7, 11) is 1.51. The third-order valence-corrected chi connectivity index (χ3v) is 3.93. The molecule has 0 aliphatic heterocycles. The molecule has 16 heavy (non-hydrogen) atoms. The molecule has 0 radical (unpaired) electrons. The molecule has 0 amide bonds. The summed E-state index contributed by atoms with van der Waals surface area (Å²) in [6.45, 7) is 0. The first-order valence-corrected chi connectivity index (χ1v) is 7.14. The van der Waals surface area contributed by atoms with Gasteiger partial charge < -0.3 is 4.57 Å². The summed E-state index contributed by atoms with van der Waals surface area (Å²) in [5.41, 5.74) is 1.28. The van der Waals surface area contributed by atoms with Crippen LogP contribution < -0.4 is 0 Å². The number of pyridine rings is 1. The maximum absolute atomic E-state index is 11.1. The van der Waals surface area contributed by atoms with E-state index in [1.54, 1.807) is 6.33 Å². The molecule has 2 heterocycles. The first-order valence-electron chi connectivity index (χ1n) is 4.83. The maximum Gasteiger partial charge on any atom is 0.262 e. The Morgan fingerprint density at radius 1 is 1.38 bits per heavy atom. The second kappa shape index (κ2) is 3.18. The lowest BCUT2D eigenvalue weighted by Crippen LogP contribution is -1.95. The van der Waals surface area contributed by atoms with Gasteiger partial charge in [0.25, 0.3) is 9.05 Å². The van der Waals surface area contributed by atoms with E-state index < -0.39 is 9.05 Å². The molecule has 0 bridgehead atoms. The number of fused-ring (bicyclic) bond motifs is 1. The van der Waals surface area contributed by atoms with Crippen molar-refractivity contribution in [1.82, 2.24) is 14.5 Å². The van der Waals surface area contributed by atoms with Gasteiger partial charge in [0, 0.05) is 22.9 Å². The number of aromatic nitrogens is 3. The van der Waals surface area contributed by atoms with Gasteiger partial charge in [-0.2, -0.15) is 0 Å². The van der Waals surface area contributed by atoms with Crippen LogP contribution in [-0.4, -0.2) is 23.0 Å². The highest BCUT2D eigenvalue weighted by Gasteiger charge is 2.25. The Hall–Kier alpha value is -1.14. The van der Waals surface area contributed by atoms with E-state index in [-0.39, 0.29) is 4.90 Å². The first-order chi connectivity index (χ1) is 7.55. The van der Waals surface area contributed by atoms with Gasteiger partial charge in [0.2, 0.25) is 0 Å². The van der Waals surface area contributed by atoms with Gasteiger partial charge in [-0.05, 0) is 18.9 Å². The van der Waals surface area contributed by atoms with E-state index in [1.807, 2.05) is 4.57 Å². The van der Waals surface area contributed by atoms with Crippen molar-refractivity contribution in [3.8, 4) is 0 Å². The van der Waals surface area contributed by atoms with Crippen molar-refractivity contribution in [2.75, 3.05) is 0 Å². The summed E-state index contributed by atoms with van der Waals surface area (Å²) in [6, 6.07) is 1.92. The zero-order valence-electron chi connectivity index (χ0n) is 8.17. The van der Waals surface area contributed by atoms with Crippen molar-refractivity contribution in [2.45, 2.75) is 23.8 Å². The van der Waals surface area contributed by atoms with Crippen LogP contribution in [-0.2, 0) is 9.05 Å². The fraction of sp³-hybridized carbons (Fsp3) is 0.333. The van der Waals surface area contributed by atoms with Crippen LogP contribution in [0, 0.1) is 0 Å². The smallest absolute Gasteiger partial charge is 0.262 e. The van der Waals surface area contributed by atoms with Crippen LogP contribution in [0.25, 0.3) is 11.2 Å². The fourth-order valence-electron chi connectivity index (χ4n) is 1.65. The molecule has 0 aromatic carbocycles. The summed E-state index contributed by atoms with van der Waals surface area (Å²) in [6.07, 6.45) is 5.22. The second-order valence-electron chi connectivity index (χ2n) is 3.83. The lowest BCUT2D eigenvalue weighted by molar-refractivity contribution is 0.609. The van der Waals surface area contributed by atoms with Crippen molar-refractivity contribution >= 4 is 30.9 Å². The molecule has 1 saturated carbocycles. The van der Waals surface area contributed by atoms with Gasteiger partial charge in [0.15, 0.2) is 5.65 Å². The minimum atomic E-state index is -3.73. The highest BCUT2D eigenvalue weighted by Crippen LogP contribution is 2.36. The molecule has 1 aliphatic rings. The van der Waals surface area contributed by atoms with E-state index in [0.29, 0.717) is 17.2 Å². The highest BCUT2D eigenvalue weighted by molar-refractivity contribution is 8.13. The van der Waals surface area contributed by atoms with E-state index in [4.69, 9.17) is 10.7 Å². The topological polar surface area (TPSA) is 64.8 Å². The minimum absolute atomic E-state index is 0.0114. The Balaban J connectivity index is 2.20. The monoisotopic (exact) mass is 257 g/mol. The fourth-order valence-corrected chi connectivity index (χ4v) is 2.34. The zero-order chi connectivity index (χ0) is 11.3. The van der Waals surface area contributed by atoms with Crippen molar-refractivity contribution < 1.29 is 8.42 Å². The van der Waals surface area contributed by atoms with E-state index in [1.165, 1.54) is 12.3 Å². The standard InChI is InChI=1S/C9H8ClN3O2S/c10-16(14,15)7-3-8-9(11-4-7)13(5-12-8)6-1-2-6/h3-6H,1-2H2. The Morgan fingerprint density at radius 3 is 2.75 bits per heavy atom. The number of nitrogens with zero attached hydrogens (tertiary/aromatic N) is 3. The molecule has 0 saturated heterocycles. The second-order valence-corrected chi connectivity index (χ2v) is 6.40. The normalized spacial score (nSPS) is 16.8. The summed E-state index contributed by atoms with van der Waals surface area (Å²) < 4.78 is 24.2. The van der Waals surface area contributed by atoms with Crippen molar-refractivity contribution in [3.63, 3.8) is 0 Å². The molecule has 0 N–H and O–H groups in total. The van der Waals surface area contributed by atoms with E-state index in [9.17, 15) is 8.42 Å². The molecule has 7 heteroatoms. The average Bonchev–Trinajstić information content (AvgIpc) is 2.96. The van der Waals surface area contributed by atoms with Crippen molar-refractivity contribution in [1.29, 1.82) is 0 Å². The molecule has 0 unspecified atom stereocenters. The Bertz CT molecular complexity index is 660. The van der Waals surface area contributed by atoms with Crippen LogP contribution >= 0.6 is 10.7 Å². The van der Waals surface area contributed by atoms with Crippen LogP contribution in [0.3, 0.4) is 0 Å². The molecular formula is C9H8ClN3O2S. The summed E-state index contributed by atoms with van der Waals surface area (Å²) in [5.74, 6) is 0. The van der Waals surface area contributed by atoms with E-state index in [2.05, 4.69) is 9.97 Å². The molecule has 1 fully saturated rings. The highest BCUT2D eigenvalue weighted by atomic mass is 35.7. The van der Waals surface area contributed by atoms with Gasteiger partial charge in [0.1, 0.15) is 10.4 Å². The quantitative estimate of drug-likeness (QED) is 0.768. The Morgan fingerprint density at radius 2 is 2.12 bits per heavy atom. The third kappa shape index (κ3) is 1.58. The van der Waals surface area contributed by atoms with Crippen molar-refractivity contribution in [3.05, 3.63) is 18.6 Å². The van der Waals surface area contributed by atoms with Gasteiger partial charge >= 0.3 is 0 Å². The van der Waals surface area contributed by atoms with Gasteiger partial charge in [-0.15, -0.1) is 0 Å². The minimum Gasteiger partial charge on any atom is -0.312 e. The summed E-state index contributed by atoms with van der Waals surface area (Å²) in [4.78, 5) is 8.23. The molecule has 1 aliphatic carbocycles. The van der Waals surface area contributed by atoms with E-state index in [0.717, 1.165) is 12.8 Å². The number of halogens is 1. The third-order valence-electron chi connectivity index (χ3n) is 2.61. The van der Waals surface area contributed by atoms with Crippen LogP contribution in [0.2, 0.25) is 0 Å². The average molecular weight is 258 g/mol. The number of hydrogen-bond donors (Lipinski definition) is 0. The number of hydrogen-bond acceptors (Lipinski definition) is 4. The predicted molar refractivity (Wildman–Crippen MR) is 58.8 cm³/mol. The Kier molecular flexibility index (Phi) is 1.99. The predicted octanol–water partition coefficient (Wildman–Crippen LogP) is 1.69. The summed E-state index contributed by atoms with van der Waals surface area (Å²) in [5, 5.41) is 0. The SMILES string of the molecule is O=S(=O)(Cl)c1cnc2c(c1)ncn2C1CC1. The molecule has 2 aromatic rings. The van der Waals surface area contributed by atoms with Gasteiger partial charge in [0.05, 0.1) is 6.33 Å². The molecular weight excluding hydrogens is 250 g/mol. The first kappa shape index (κ1) is 10.0. The lowest BCUT2D eigenvalue weighted by atomic mass is 10.4. The summed E-state index contributed by atoms with van der Waals surface area (Å²) >= 11 is 0. The maximum atomic E-state index is 11.1. The van der Waals surface area contributed by atoms with Crippen LogP contribution in [0.4, 0.5) is 0 Å². The molecule has 3 rings (SSSR count). The number of rotatable bonds is 2. The Labute approximate surface area is 96.5 Å². The number of imidazole rings is 1. The van der Waals surface area contributed by atoms with Crippen molar-refractivity contribution in [2.24, 2.45) is 0 Å². The van der Waals surface area contributed by atoms with Crippen LogP contribution in [0.5, 0.6) is 0 Å². The van der Waals surface area contributed by atoms with Gasteiger partial charge in [-0.1, -0.05) is 0 Å². The van der Waals surface area contributed by atoms with Gasteiger partial charge in [-0.3, -0.25) is 0 Å². The largest absolute Gasteiger partial charge is 0.312 e. The zero-order valence-corrected chi connectivity index (χ0v) is 9.74.